The lowest BCUT2D eigenvalue weighted by Crippen LogP contribution is -2.50. The lowest BCUT2D eigenvalue weighted by molar-refractivity contribution is -0.142. The van der Waals surface area contributed by atoms with Gasteiger partial charge in [-0.05, 0) is 31.4 Å². The Morgan fingerprint density at radius 1 is 1.45 bits per heavy atom. The normalized spacial score (nSPS) is 20.6. The second kappa shape index (κ2) is 5.94. The van der Waals surface area contributed by atoms with Crippen LogP contribution in [0.1, 0.15) is 19.3 Å². The third kappa shape index (κ3) is 3.38. The van der Waals surface area contributed by atoms with Crippen molar-refractivity contribution in [1.82, 2.24) is 9.29 Å². The van der Waals surface area contributed by atoms with Gasteiger partial charge in [-0.1, -0.05) is 11.6 Å². The average molecular weight is 320 g/mol. The highest BCUT2D eigenvalue weighted by molar-refractivity contribution is 7.90. The Bertz CT molecular complexity index is 590. The molecule has 0 amide bonds. The van der Waals surface area contributed by atoms with Crippen LogP contribution >= 0.6 is 11.6 Å². The standard InChI is InChI=1S/C11H14ClN3O4S/c12-8-4-5-10(13-7-8)14-20(18,19)15-6-2-1-3-9(15)11(16)17/h4-5,7,9H,1-3,6H2,(H,13,14)(H,16,17). The van der Waals surface area contributed by atoms with E-state index in [1.165, 1.54) is 18.3 Å². The fourth-order valence-electron chi connectivity index (χ4n) is 2.07. The number of halogens is 1. The van der Waals surface area contributed by atoms with Gasteiger partial charge >= 0.3 is 16.2 Å². The van der Waals surface area contributed by atoms with Crippen molar-refractivity contribution >= 4 is 33.6 Å². The van der Waals surface area contributed by atoms with E-state index >= 15 is 0 Å². The van der Waals surface area contributed by atoms with E-state index in [9.17, 15) is 13.2 Å². The van der Waals surface area contributed by atoms with Crippen molar-refractivity contribution in [3.63, 3.8) is 0 Å². The van der Waals surface area contributed by atoms with Crippen molar-refractivity contribution < 1.29 is 18.3 Å². The van der Waals surface area contributed by atoms with Crippen molar-refractivity contribution in [2.45, 2.75) is 25.3 Å². The van der Waals surface area contributed by atoms with Crippen molar-refractivity contribution in [1.29, 1.82) is 0 Å². The first kappa shape index (κ1) is 15.0. The van der Waals surface area contributed by atoms with Gasteiger partial charge in [0.2, 0.25) is 0 Å². The van der Waals surface area contributed by atoms with Gasteiger partial charge in [-0.15, -0.1) is 0 Å². The van der Waals surface area contributed by atoms with E-state index in [2.05, 4.69) is 9.71 Å². The van der Waals surface area contributed by atoms with Crippen molar-refractivity contribution in [3.05, 3.63) is 23.4 Å². The zero-order chi connectivity index (χ0) is 14.8. The quantitative estimate of drug-likeness (QED) is 0.872. The van der Waals surface area contributed by atoms with Gasteiger partial charge in [0.05, 0.1) is 5.02 Å². The predicted octanol–water partition coefficient (Wildman–Crippen LogP) is 1.33. The van der Waals surface area contributed by atoms with Gasteiger partial charge in [-0.3, -0.25) is 9.52 Å². The van der Waals surface area contributed by atoms with Gasteiger partial charge < -0.3 is 5.11 Å². The van der Waals surface area contributed by atoms with Crippen LogP contribution in [0, 0.1) is 0 Å². The van der Waals surface area contributed by atoms with Gasteiger partial charge in [0, 0.05) is 12.7 Å². The van der Waals surface area contributed by atoms with Gasteiger partial charge in [-0.25, -0.2) is 4.98 Å². The molecule has 1 aliphatic heterocycles. The maximum atomic E-state index is 12.2. The van der Waals surface area contributed by atoms with E-state index in [1.54, 1.807) is 0 Å². The molecule has 110 valence electrons. The molecule has 2 N–H and O–H groups in total. The number of nitrogens with one attached hydrogen (secondary N) is 1. The number of pyridine rings is 1. The number of carboxylic acids is 1. The van der Waals surface area contributed by atoms with Crippen LogP contribution in [0.3, 0.4) is 0 Å². The van der Waals surface area contributed by atoms with Gasteiger partial charge in [0.1, 0.15) is 11.9 Å². The van der Waals surface area contributed by atoms with E-state index in [-0.39, 0.29) is 12.4 Å². The van der Waals surface area contributed by atoms with Crippen molar-refractivity contribution in [2.75, 3.05) is 11.3 Å². The molecule has 0 bridgehead atoms. The minimum absolute atomic E-state index is 0.101. The summed E-state index contributed by atoms with van der Waals surface area (Å²) in [7, 11) is -3.95. The van der Waals surface area contributed by atoms with E-state index in [1.807, 2.05) is 0 Å². The molecular formula is C11H14ClN3O4S. The number of aliphatic carboxylic acids is 1. The number of hydrogen-bond acceptors (Lipinski definition) is 4. The molecule has 2 rings (SSSR count). The molecule has 1 aromatic rings. The highest BCUT2D eigenvalue weighted by atomic mass is 35.5. The smallest absolute Gasteiger partial charge is 0.322 e. The minimum atomic E-state index is -3.95. The fourth-order valence-corrected chi connectivity index (χ4v) is 3.58. The summed E-state index contributed by atoms with van der Waals surface area (Å²) in [5.74, 6) is -1.04. The third-order valence-electron chi connectivity index (χ3n) is 3.01. The number of piperidine rings is 1. The molecule has 1 aromatic heterocycles. The Kier molecular flexibility index (Phi) is 4.46. The molecule has 0 aromatic carbocycles. The number of rotatable bonds is 4. The fraction of sp³-hybridized carbons (Fsp3) is 0.455. The van der Waals surface area contributed by atoms with Gasteiger partial charge in [0.25, 0.3) is 0 Å². The predicted molar refractivity (Wildman–Crippen MR) is 73.8 cm³/mol. The summed E-state index contributed by atoms with van der Waals surface area (Å²) in [6.07, 6.45) is 2.95. The van der Waals surface area contributed by atoms with E-state index in [0.717, 1.165) is 4.31 Å². The van der Waals surface area contributed by atoms with Crippen LogP contribution in [-0.2, 0) is 15.0 Å². The molecule has 1 saturated heterocycles. The van der Waals surface area contributed by atoms with Crippen LogP contribution in [0.15, 0.2) is 18.3 Å². The topological polar surface area (TPSA) is 99.6 Å². The molecule has 0 saturated carbocycles. The van der Waals surface area contributed by atoms with Crippen LogP contribution in [0.25, 0.3) is 0 Å². The largest absolute Gasteiger partial charge is 0.480 e. The lowest BCUT2D eigenvalue weighted by atomic mass is 10.1. The van der Waals surface area contributed by atoms with Crippen molar-refractivity contribution in [3.8, 4) is 0 Å². The summed E-state index contributed by atoms with van der Waals surface area (Å²) in [6, 6.07) is 1.88. The zero-order valence-corrected chi connectivity index (χ0v) is 12.1. The first-order chi connectivity index (χ1) is 9.40. The molecule has 0 aliphatic carbocycles. The maximum absolute atomic E-state index is 12.2. The summed E-state index contributed by atoms with van der Waals surface area (Å²) in [4.78, 5) is 15.0. The molecule has 0 spiro atoms. The molecule has 20 heavy (non-hydrogen) atoms. The van der Waals surface area contributed by atoms with Crippen LogP contribution < -0.4 is 4.72 Å². The summed E-state index contributed by atoms with van der Waals surface area (Å²) in [6.45, 7) is 0.180. The Balaban J connectivity index is 2.20. The Morgan fingerprint density at radius 2 is 2.20 bits per heavy atom. The molecule has 9 heteroatoms. The molecule has 1 unspecified atom stereocenters. The average Bonchev–Trinajstić information content (AvgIpc) is 2.41. The minimum Gasteiger partial charge on any atom is -0.480 e. The van der Waals surface area contributed by atoms with Crippen LogP contribution in [0.5, 0.6) is 0 Å². The second-order valence-corrected chi connectivity index (χ2v) is 6.49. The summed E-state index contributed by atoms with van der Waals surface area (Å²) >= 11 is 5.67. The first-order valence-corrected chi connectivity index (χ1v) is 7.86. The van der Waals surface area contributed by atoms with E-state index in [0.29, 0.717) is 24.3 Å². The lowest BCUT2D eigenvalue weighted by Gasteiger charge is -2.31. The number of aromatic nitrogens is 1. The second-order valence-electron chi connectivity index (χ2n) is 4.43. The molecule has 7 nitrogen and oxygen atoms in total. The van der Waals surface area contributed by atoms with E-state index in [4.69, 9.17) is 16.7 Å². The third-order valence-corrected chi connectivity index (χ3v) is 4.75. The Hall–Kier alpha value is -1.38. The number of hydrogen-bond donors (Lipinski definition) is 2. The summed E-state index contributed by atoms with van der Waals surface area (Å²) < 4.78 is 27.7. The molecule has 2 heterocycles. The number of carbonyl (C=O) groups is 1. The Morgan fingerprint density at radius 3 is 2.80 bits per heavy atom. The van der Waals surface area contributed by atoms with Gasteiger partial charge in [0.15, 0.2) is 0 Å². The van der Waals surface area contributed by atoms with Crippen LogP contribution in [-0.4, -0.2) is 41.4 Å². The Labute approximate surface area is 121 Å². The summed E-state index contributed by atoms with van der Waals surface area (Å²) in [5.41, 5.74) is 0. The number of nitrogens with zero attached hydrogens (tertiary/aromatic N) is 2. The highest BCUT2D eigenvalue weighted by Crippen LogP contribution is 2.22. The first-order valence-electron chi connectivity index (χ1n) is 6.04. The number of anilines is 1. The van der Waals surface area contributed by atoms with Gasteiger partial charge in [-0.2, -0.15) is 12.7 Å². The SMILES string of the molecule is O=C(O)C1CCCCN1S(=O)(=O)Nc1ccc(Cl)cn1. The zero-order valence-electron chi connectivity index (χ0n) is 10.5. The van der Waals surface area contributed by atoms with Crippen LogP contribution in [0.4, 0.5) is 5.82 Å². The highest BCUT2D eigenvalue weighted by Gasteiger charge is 2.36. The van der Waals surface area contributed by atoms with E-state index < -0.39 is 22.2 Å². The maximum Gasteiger partial charge on any atom is 0.322 e. The molecule has 1 aliphatic rings. The molecule has 0 radical (unpaired) electrons. The van der Waals surface area contributed by atoms with Crippen LogP contribution in [0.2, 0.25) is 5.02 Å². The van der Waals surface area contributed by atoms with Crippen molar-refractivity contribution in [2.24, 2.45) is 0 Å². The molecule has 1 atom stereocenters. The molecular weight excluding hydrogens is 306 g/mol. The number of carboxylic acid groups (broad SMARTS) is 1. The monoisotopic (exact) mass is 319 g/mol. The molecule has 1 fully saturated rings. The summed E-state index contributed by atoms with van der Waals surface area (Å²) in [5, 5.41) is 9.49.